The van der Waals surface area contributed by atoms with E-state index >= 15 is 8.78 Å². The number of benzene rings is 1. The van der Waals surface area contributed by atoms with Crippen LogP contribution >= 0.6 is 0 Å². The Morgan fingerprint density at radius 3 is 2.68 bits per heavy atom. The summed E-state index contributed by atoms with van der Waals surface area (Å²) in [5.41, 5.74) is 13.1. The minimum atomic E-state index is -3.73. The van der Waals surface area contributed by atoms with Crippen molar-refractivity contribution in [3.8, 4) is 17.1 Å². The van der Waals surface area contributed by atoms with Crippen molar-refractivity contribution in [3.05, 3.63) is 52.7 Å². The molecule has 0 fully saturated rings. The van der Waals surface area contributed by atoms with Crippen LogP contribution in [0.15, 0.2) is 29.4 Å². The summed E-state index contributed by atoms with van der Waals surface area (Å²) in [5, 5.41) is 18.5. The van der Waals surface area contributed by atoms with Gasteiger partial charge in [0, 0.05) is 12.0 Å². The molecule has 3 heterocycles. The molecular weight excluding hydrogens is 509 g/mol. The Morgan fingerprint density at radius 2 is 1.97 bits per heavy atom. The Labute approximate surface area is 214 Å². The van der Waals surface area contributed by atoms with E-state index in [1.807, 2.05) is 0 Å². The SMILES string of the molecule is COc1nc(-c2cc(F)ccc2[C@H]2N=C(NOCCC(O)CO)c3c(C)nc(N)nc3C2(F)F)cnc1N. The van der Waals surface area contributed by atoms with Crippen molar-refractivity contribution in [2.75, 3.05) is 31.8 Å². The highest BCUT2D eigenvalue weighted by molar-refractivity contribution is 6.01. The zero-order valence-corrected chi connectivity index (χ0v) is 20.3. The molecule has 0 spiro atoms. The molecule has 2 atom stereocenters. The monoisotopic (exact) mass is 534 g/mol. The van der Waals surface area contributed by atoms with Gasteiger partial charge in [-0.25, -0.2) is 29.8 Å². The number of rotatable bonds is 8. The number of aliphatic hydroxyl groups is 2. The molecule has 1 aliphatic rings. The standard InChI is InChI=1S/C23H25F3N8O4/c1-10-16-18(33-22(28)30-10)23(25,26)17(32-20(16)34-38-6-5-12(36)9-35)13-4-3-11(24)7-14(13)15-8-29-19(27)21(31-15)37-2/h3-4,7-8,12,17,35-36H,5-6,9H2,1-2H3,(H2,27,29)(H,32,34)(H2,28,30,33)/t12?,17-/m1/s1. The van der Waals surface area contributed by atoms with Crippen LogP contribution in [0.25, 0.3) is 11.3 Å². The van der Waals surface area contributed by atoms with Crippen LogP contribution in [0.3, 0.4) is 0 Å². The van der Waals surface area contributed by atoms with E-state index in [9.17, 15) is 9.50 Å². The molecule has 0 bridgehead atoms. The number of amidine groups is 1. The van der Waals surface area contributed by atoms with Crippen LogP contribution in [-0.4, -0.2) is 62.4 Å². The van der Waals surface area contributed by atoms with Gasteiger partial charge in [0.05, 0.1) is 49.6 Å². The first-order valence-electron chi connectivity index (χ1n) is 11.3. The van der Waals surface area contributed by atoms with E-state index < -0.39 is 36.2 Å². The first-order valence-corrected chi connectivity index (χ1v) is 11.3. The van der Waals surface area contributed by atoms with Gasteiger partial charge in [0.2, 0.25) is 5.95 Å². The number of methoxy groups -OCH3 is 1. The number of aliphatic imine (C=N–C) groups is 1. The Hall–Kier alpha value is -4.08. The van der Waals surface area contributed by atoms with Gasteiger partial charge in [0.1, 0.15) is 17.6 Å². The second-order valence-corrected chi connectivity index (χ2v) is 8.35. The lowest BCUT2D eigenvalue weighted by atomic mass is 9.88. The minimum absolute atomic E-state index is 0.0180. The summed E-state index contributed by atoms with van der Waals surface area (Å²) in [6.45, 7) is 0.897. The number of nitrogen functional groups attached to an aromatic ring is 2. The van der Waals surface area contributed by atoms with Gasteiger partial charge in [-0.05, 0) is 24.6 Å². The average molecular weight is 534 g/mol. The van der Waals surface area contributed by atoms with Crippen molar-refractivity contribution < 1.29 is 33.0 Å². The van der Waals surface area contributed by atoms with Gasteiger partial charge in [0.15, 0.2) is 11.7 Å². The summed E-state index contributed by atoms with van der Waals surface area (Å²) in [5.74, 6) is -5.06. The van der Waals surface area contributed by atoms with Gasteiger partial charge in [-0.1, -0.05) is 6.07 Å². The van der Waals surface area contributed by atoms with Crippen molar-refractivity contribution in [2.45, 2.75) is 31.4 Å². The molecule has 1 aliphatic heterocycles. The van der Waals surface area contributed by atoms with Crippen LogP contribution in [0.5, 0.6) is 5.88 Å². The van der Waals surface area contributed by atoms with Crippen molar-refractivity contribution in [3.63, 3.8) is 0 Å². The van der Waals surface area contributed by atoms with Gasteiger partial charge in [0.25, 0.3) is 5.88 Å². The highest BCUT2D eigenvalue weighted by Crippen LogP contribution is 2.49. The molecule has 0 saturated carbocycles. The maximum atomic E-state index is 16.1. The zero-order chi connectivity index (χ0) is 27.6. The fourth-order valence-corrected chi connectivity index (χ4v) is 3.92. The number of alkyl halides is 2. The first-order chi connectivity index (χ1) is 18.1. The predicted octanol–water partition coefficient (Wildman–Crippen LogP) is 1.41. The van der Waals surface area contributed by atoms with E-state index in [1.54, 1.807) is 0 Å². The summed E-state index contributed by atoms with van der Waals surface area (Å²) >= 11 is 0. The van der Waals surface area contributed by atoms with Crippen LogP contribution in [0.1, 0.15) is 35.0 Å². The number of hydrogen-bond acceptors (Lipinski definition) is 12. The fraction of sp³-hybridized carbons (Fsp3) is 0.348. The molecule has 15 heteroatoms. The molecule has 38 heavy (non-hydrogen) atoms. The molecule has 4 rings (SSSR count). The van der Waals surface area contributed by atoms with E-state index in [0.717, 1.165) is 18.2 Å². The Kier molecular flexibility index (Phi) is 7.61. The van der Waals surface area contributed by atoms with E-state index in [1.165, 1.54) is 20.2 Å². The summed E-state index contributed by atoms with van der Waals surface area (Å²) in [7, 11) is 1.30. The maximum Gasteiger partial charge on any atom is 0.316 e. The van der Waals surface area contributed by atoms with Crippen molar-refractivity contribution in [2.24, 2.45) is 4.99 Å². The first kappa shape index (κ1) is 27.0. The summed E-state index contributed by atoms with van der Waals surface area (Å²) in [4.78, 5) is 25.5. The van der Waals surface area contributed by atoms with Gasteiger partial charge in [-0.2, -0.15) is 8.78 Å². The Balaban J connectivity index is 1.84. The lowest BCUT2D eigenvalue weighted by Gasteiger charge is -2.32. The number of aromatic nitrogens is 4. The number of nitrogens with one attached hydrogen (secondary N) is 1. The lowest BCUT2D eigenvalue weighted by Crippen LogP contribution is -2.39. The molecular formula is C23H25F3N8O4. The second-order valence-electron chi connectivity index (χ2n) is 8.35. The van der Waals surface area contributed by atoms with Crippen LogP contribution in [0.4, 0.5) is 24.9 Å². The lowest BCUT2D eigenvalue weighted by molar-refractivity contribution is -0.0393. The number of hydrogen-bond donors (Lipinski definition) is 5. The van der Waals surface area contributed by atoms with E-state index in [4.69, 9.17) is 26.1 Å². The van der Waals surface area contributed by atoms with Crippen molar-refractivity contribution >= 4 is 17.6 Å². The van der Waals surface area contributed by atoms with E-state index in [0.29, 0.717) is 0 Å². The highest BCUT2D eigenvalue weighted by Gasteiger charge is 2.51. The van der Waals surface area contributed by atoms with Crippen LogP contribution in [0, 0.1) is 12.7 Å². The maximum absolute atomic E-state index is 16.1. The number of aliphatic hydroxyl groups excluding tert-OH is 2. The Morgan fingerprint density at radius 1 is 1.21 bits per heavy atom. The quantitative estimate of drug-likeness (QED) is 0.208. The van der Waals surface area contributed by atoms with Crippen LogP contribution in [-0.2, 0) is 10.8 Å². The molecule has 202 valence electrons. The molecule has 12 nitrogen and oxygen atoms in total. The van der Waals surface area contributed by atoms with Crippen LogP contribution in [0.2, 0.25) is 0 Å². The smallest absolute Gasteiger partial charge is 0.316 e. The summed E-state index contributed by atoms with van der Waals surface area (Å²) < 4.78 is 51.6. The number of aryl methyl sites for hydroxylation is 1. The predicted molar refractivity (Wildman–Crippen MR) is 130 cm³/mol. The topological polar surface area (TPSA) is 187 Å². The van der Waals surface area contributed by atoms with Gasteiger partial charge in [-0.15, -0.1) is 0 Å². The molecule has 0 radical (unpaired) electrons. The van der Waals surface area contributed by atoms with Gasteiger partial charge >= 0.3 is 5.92 Å². The third kappa shape index (κ3) is 5.16. The number of nitrogens with zero attached hydrogens (tertiary/aromatic N) is 5. The number of anilines is 2. The third-order valence-corrected chi connectivity index (χ3v) is 5.74. The van der Waals surface area contributed by atoms with Gasteiger partial charge in [-0.3, -0.25) is 9.83 Å². The zero-order valence-electron chi connectivity index (χ0n) is 20.3. The van der Waals surface area contributed by atoms with Crippen molar-refractivity contribution in [1.82, 2.24) is 25.4 Å². The number of nitrogens with two attached hydrogens (primary N) is 2. The normalized spacial score (nSPS) is 16.9. The number of halogens is 3. The average Bonchev–Trinajstić information content (AvgIpc) is 2.88. The fourth-order valence-electron chi connectivity index (χ4n) is 3.92. The van der Waals surface area contributed by atoms with E-state index in [2.05, 4.69) is 30.4 Å². The molecule has 1 aromatic carbocycles. The number of hydroxylamine groups is 1. The summed E-state index contributed by atoms with van der Waals surface area (Å²) in [6, 6.07) is 1.27. The molecule has 0 aliphatic carbocycles. The molecule has 2 aromatic heterocycles. The second kappa shape index (κ2) is 10.7. The number of fused-ring (bicyclic) bond motifs is 1. The van der Waals surface area contributed by atoms with Crippen molar-refractivity contribution in [1.29, 1.82) is 0 Å². The van der Waals surface area contributed by atoms with Crippen LogP contribution < -0.4 is 21.7 Å². The van der Waals surface area contributed by atoms with Gasteiger partial charge < -0.3 is 26.4 Å². The largest absolute Gasteiger partial charge is 0.478 e. The molecule has 3 aromatic rings. The number of ether oxygens (including phenoxy) is 1. The third-order valence-electron chi connectivity index (χ3n) is 5.74. The highest BCUT2D eigenvalue weighted by atomic mass is 19.3. The molecule has 1 unspecified atom stereocenters. The summed E-state index contributed by atoms with van der Waals surface area (Å²) in [6.07, 6.45) is 0.229. The molecule has 0 amide bonds. The minimum Gasteiger partial charge on any atom is -0.478 e. The Bertz CT molecular complexity index is 1370. The van der Waals surface area contributed by atoms with E-state index in [-0.39, 0.29) is 64.6 Å². The molecule has 0 saturated heterocycles. The molecule has 7 N–H and O–H groups in total.